The molecule has 72 valence electrons. The topological polar surface area (TPSA) is 43.8 Å². The van der Waals surface area contributed by atoms with Crippen molar-refractivity contribution in [1.29, 1.82) is 0 Å². The highest BCUT2D eigenvalue weighted by atomic mass is 32.2. The number of hydrogen-bond acceptors (Lipinski definition) is 3. The van der Waals surface area contributed by atoms with E-state index in [2.05, 4.69) is 16.9 Å². The van der Waals surface area contributed by atoms with E-state index in [1.165, 1.54) is 18.6 Å². The van der Waals surface area contributed by atoms with E-state index in [0.29, 0.717) is 0 Å². The fraction of sp³-hybridized carbons (Fsp3) is 0.667. The summed E-state index contributed by atoms with van der Waals surface area (Å²) < 4.78 is 1.74. The molecule has 0 radical (unpaired) electrons. The molecule has 0 aromatic carbocycles. The molecule has 2 rings (SSSR count). The highest BCUT2D eigenvalue weighted by Gasteiger charge is 2.17. The lowest BCUT2D eigenvalue weighted by Crippen LogP contribution is -2.03. The average Bonchev–Trinajstić information content (AvgIpc) is 2.64. The van der Waals surface area contributed by atoms with Gasteiger partial charge in [0.1, 0.15) is 5.82 Å². The number of hydrogen-bond donors (Lipinski definition) is 1. The summed E-state index contributed by atoms with van der Waals surface area (Å²) in [7, 11) is 1.89. The number of anilines is 1. The molecule has 1 atom stereocenters. The first kappa shape index (κ1) is 8.94. The van der Waals surface area contributed by atoms with Gasteiger partial charge in [-0.1, -0.05) is 0 Å². The number of nitrogen functional groups attached to an aromatic ring is 1. The zero-order chi connectivity index (χ0) is 9.26. The predicted octanol–water partition coefficient (Wildman–Crippen LogP) is 1.44. The molecule has 0 bridgehead atoms. The molecular formula is C9H15N3S. The van der Waals surface area contributed by atoms with Gasteiger partial charge in [0.25, 0.3) is 0 Å². The second-order valence-electron chi connectivity index (χ2n) is 3.52. The van der Waals surface area contributed by atoms with Gasteiger partial charge in [-0.25, -0.2) is 0 Å². The Morgan fingerprint density at radius 1 is 1.77 bits per heavy atom. The first-order valence-electron chi connectivity index (χ1n) is 4.65. The lowest BCUT2D eigenvalue weighted by molar-refractivity contribution is 0.717. The van der Waals surface area contributed by atoms with Crippen LogP contribution in [0, 0.1) is 0 Å². The third kappa shape index (κ3) is 1.99. The van der Waals surface area contributed by atoms with Crippen molar-refractivity contribution in [1.82, 2.24) is 9.78 Å². The van der Waals surface area contributed by atoms with Gasteiger partial charge in [-0.05, 0) is 18.6 Å². The second-order valence-corrected chi connectivity index (χ2v) is 4.93. The van der Waals surface area contributed by atoms with Gasteiger partial charge in [0, 0.05) is 24.8 Å². The normalized spacial score (nSPS) is 22.4. The minimum atomic E-state index is 0.762. The Balaban J connectivity index is 2.00. The van der Waals surface area contributed by atoms with E-state index in [9.17, 15) is 0 Å². The average molecular weight is 197 g/mol. The first-order chi connectivity index (χ1) is 6.25. The van der Waals surface area contributed by atoms with Crippen LogP contribution in [-0.4, -0.2) is 20.8 Å². The number of thioether (sulfide) groups is 1. The van der Waals surface area contributed by atoms with Crippen LogP contribution >= 0.6 is 11.8 Å². The van der Waals surface area contributed by atoms with E-state index < -0.39 is 0 Å². The number of aryl methyl sites for hydroxylation is 1. The highest BCUT2D eigenvalue weighted by molar-refractivity contribution is 8.00. The molecule has 1 aliphatic rings. The Bertz CT molecular complexity index is 270. The van der Waals surface area contributed by atoms with Crippen molar-refractivity contribution in [3.05, 3.63) is 11.8 Å². The molecule has 1 fully saturated rings. The first-order valence-corrected chi connectivity index (χ1v) is 5.70. The van der Waals surface area contributed by atoms with Gasteiger partial charge >= 0.3 is 0 Å². The molecular weight excluding hydrogens is 182 g/mol. The third-order valence-corrected chi connectivity index (χ3v) is 3.83. The zero-order valence-electron chi connectivity index (χ0n) is 7.86. The number of nitrogens with zero attached hydrogens (tertiary/aromatic N) is 2. The van der Waals surface area contributed by atoms with Gasteiger partial charge < -0.3 is 5.73 Å². The molecule has 0 spiro atoms. The summed E-state index contributed by atoms with van der Waals surface area (Å²) in [5.74, 6) is 2.07. The molecule has 0 aliphatic carbocycles. The minimum absolute atomic E-state index is 0.762. The molecule has 0 amide bonds. The second kappa shape index (κ2) is 3.62. The van der Waals surface area contributed by atoms with Gasteiger partial charge in [0.2, 0.25) is 0 Å². The standard InChI is InChI=1S/C9H15N3S/c1-12-9(10)6-7(11-12)5-8-3-2-4-13-8/h6,8H,2-5,10H2,1H3. The monoisotopic (exact) mass is 197 g/mol. The van der Waals surface area contributed by atoms with Crippen molar-refractivity contribution in [2.24, 2.45) is 7.05 Å². The van der Waals surface area contributed by atoms with Crippen LogP contribution in [0.4, 0.5) is 5.82 Å². The SMILES string of the molecule is Cn1nc(CC2CCCS2)cc1N. The van der Waals surface area contributed by atoms with Crippen molar-refractivity contribution in [3.8, 4) is 0 Å². The zero-order valence-corrected chi connectivity index (χ0v) is 8.68. The number of aromatic nitrogens is 2. The Morgan fingerprint density at radius 2 is 2.62 bits per heavy atom. The van der Waals surface area contributed by atoms with Crippen LogP contribution in [0.2, 0.25) is 0 Å². The molecule has 1 unspecified atom stereocenters. The van der Waals surface area contributed by atoms with Crippen LogP contribution in [0.25, 0.3) is 0 Å². The van der Waals surface area contributed by atoms with Gasteiger partial charge in [0.05, 0.1) is 5.69 Å². The Kier molecular flexibility index (Phi) is 2.49. The highest BCUT2D eigenvalue weighted by Crippen LogP contribution is 2.28. The molecule has 2 N–H and O–H groups in total. The van der Waals surface area contributed by atoms with E-state index >= 15 is 0 Å². The van der Waals surface area contributed by atoms with Crippen LogP contribution in [0.5, 0.6) is 0 Å². The number of rotatable bonds is 2. The largest absolute Gasteiger partial charge is 0.384 e. The van der Waals surface area contributed by atoms with E-state index in [-0.39, 0.29) is 0 Å². The van der Waals surface area contributed by atoms with Crippen LogP contribution in [0.1, 0.15) is 18.5 Å². The minimum Gasteiger partial charge on any atom is -0.384 e. The fourth-order valence-electron chi connectivity index (χ4n) is 1.68. The van der Waals surface area contributed by atoms with Crippen molar-refractivity contribution in [2.45, 2.75) is 24.5 Å². The molecule has 2 heterocycles. The maximum absolute atomic E-state index is 5.71. The molecule has 3 nitrogen and oxygen atoms in total. The number of nitrogens with two attached hydrogens (primary N) is 1. The van der Waals surface area contributed by atoms with E-state index in [1.807, 2.05) is 13.1 Å². The van der Waals surface area contributed by atoms with Gasteiger partial charge in [0.15, 0.2) is 0 Å². The Morgan fingerprint density at radius 3 is 3.15 bits per heavy atom. The van der Waals surface area contributed by atoms with Gasteiger partial charge in [-0.3, -0.25) is 4.68 Å². The molecule has 0 saturated carbocycles. The quantitative estimate of drug-likeness (QED) is 0.780. The van der Waals surface area contributed by atoms with E-state index in [4.69, 9.17) is 5.73 Å². The fourth-order valence-corrected chi connectivity index (χ4v) is 2.97. The van der Waals surface area contributed by atoms with Crippen LogP contribution in [0.3, 0.4) is 0 Å². The molecule has 4 heteroatoms. The summed E-state index contributed by atoms with van der Waals surface area (Å²) >= 11 is 2.06. The predicted molar refractivity (Wildman–Crippen MR) is 56.8 cm³/mol. The van der Waals surface area contributed by atoms with Gasteiger partial charge in [-0.15, -0.1) is 0 Å². The van der Waals surface area contributed by atoms with Crippen molar-refractivity contribution in [2.75, 3.05) is 11.5 Å². The van der Waals surface area contributed by atoms with Gasteiger partial charge in [-0.2, -0.15) is 16.9 Å². The summed E-state index contributed by atoms with van der Waals surface area (Å²) in [6.07, 6.45) is 3.77. The summed E-state index contributed by atoms with van der Waals surface area (Å²) in [5, 5.41) is 5.12. The van der Waals surface area contributed by atoms with Crippen LogP contribution < -0.4 is 5.73 Å². The van der Waals surface area contributed by atoms with Crippen molar-refractivity contribution >= 4 is 17.6 Å². The maximum atomic E-state index is 5.71. The summed E-state index contributed by atoms with van der Waals surface area (Å²) in [6, 6.07) is 1.98. The molecule has 1 saturated heterocycles. The lowest BCUT2D eigenvalue weighted by atomic mass is 10.1. The van der Waals surface area contributed by atoms with Crippen LogP contribution in [0.15, 0.2) is 6.07 Å². The molecule has 1 aromatic rings. The lowest BCUT2D eigenvalue weighted by Gasteiger charge is -2.03. The van der Waals surface area contributed by atoms with Crippen molar-refractivity contribution in [3.63, 3.8) is 0 Å². The van der Waals surface area contributed by atoms with Crippen molar-refractivity contribution < 1.29 is 0 Å². The summed E-state index contributed by atoms with van der Waals surface area (Å²) in [4.78, 5) is 0. The Hall–Kier alpha value is -0.640. The maximum Gasteiger partial charge on any atom is 0.121 e. The third-order valence-electron chi connectivity index (χ3n) is 2.43. The Labute approximate surface area is 82.7 Å². The molecule has 1 aliphatic heterocycles. The summed E-state index contributed by atoms with van der Waals surface area (Å²) in [6.45, 7) is 0. The summed E-state index contributed by atoms with van der Waals surface area (Å²) in [5.41, 5.74) is 6.85. The van der Waals surface area contributed by atoms with E-state index in [0.717, 1.165) is 23.2 Å². The molecule has 13 heavy (non-hydrogen) atoms. The molecule has 1 aromatic heterocycles. The smallest absolute Gasteiger partial charge is 0.121 e. The van der Waals surface area contributed by atoms with Crippen LogP contribution in [-0.2, 0) is 13.5 Å². The van der Waals surface area contributed by atoms with E-state index in [1.54, 1.807) is 4.68 Å².